The third-order valence-electron chi connectivity index (χ3n) is 2.10. The maximum atomic E-state index is 11.1. The molecule has 0 saturated carbocycles. The van der Waals surface area contributed by atoms with E-state index in [1.54, 1.807) is 7.11 Å². The molecular weight excluding hydrogens is 360 g/mol. The van der Waals surface area contributed by atoms with E-state index in [2.05, 4.69) is 15.9 Å². The number of hydrogen-bond donors (Lipinski definition) is 0. The zero-order valence-corrected chi connectivity index (χ0v) is 13.4. The third kappa shape index (κ3) is 6.09. The molecule has 0 amide bonds. The highest BCUT2D eigenvalue weighted by atomic mass is 79.9. The van der Waals surface area contributed by atoms with Crippen molar-refractivity contribution in [3.63, 3.8) is 0 Å². The van der Waals surface area contributed by atoms with Crippen LogP contribution in [-0.4, -0.2) is 42.0 Å². The fourth-order valence-electron chi connectivity index (χ4n) is 1.21. The van der Waals surface area contributed by atoms with Gasteiger partial charge in [-0.15, -0.1) is 0 Å². The van der Waals surface area contributed by atoms with E-state index in [1.165, 1.54) is 18.2 Å². The molecule has 1 rings (SSSR count). The second-order valence-electron chi connectivity index (χ2n) is 3.48. The minimum Gasteiger partial charge on any atom is -0.490 e. The first-order valence-electron chi connectivity index (χ1n) is 5.39. The van der Waals surface area contributed by atoms with Crippen molar-refractivity contribution in [3.05, 3.63) is 22.7 Å². The number of hydrogen-bond acceptors (Lipinski definition) is 5. The highest BCUT2D eigenvalue weighted by Gasteiger charge is 2.12. The second-order valence-corrected chi connectivity index (χ2v) is 6.90. The number of halogens is 2. The van der Waals surface area contributed by atoms with E-state index in [1.807, 2.05) is 0 Å². The molecule has 0 radical (unpaired) electrons. The van der Waals surface area contributed by atoms with Crippen LogP contribution in [0.15, 0.2) is 27.6 Å². The summed E-state index contributed by atoms with van der Waals surface area (Å²) in [5.74, 6) is 0.527. The molecule has 0 aromatic heterocycles. The van der Waals surface area contributed by atoms with Crippen molar-refractivity contribution in [2.75, 3.05) is 33.5 Å². The van der Waals surface area contributed by atoms with Crippen molar-refractivity contribution in [1.29, 1.82) is 0 Å². The molecule has 0 aliphatic heterocycles. The van der Waals surface area contributed by atoms with Crippen molar-refractivity contribution in [1.82, 2.24) is 0 Å². The molecule has 0 heterocycles. The minimum atomic E-state index is -3.73. The fraction of sp³-hybridized carbons (Fsp3) is 0.455. The molecule has 19 heavy (non-hydrogen) atoms. The monoisotopic (exact) mass is 372 g/mol. The van der Waals surface area contributed by atoms with Crippen LogP contribution in [0.3, 0.4) is 0 Å². The summed E-state index contributed by atoms with van der Waals surface area (Å²) in [6, 6.07) is 4.31. The Morgan fingerprint density at radius 3 is 2.47 bits per heavy atom. The van der Waals surface area contributed by atoms with Crippen molar-refractivity contribution in [2.24, 2.45) is 0 Å². The van der Waals surface area contributed by atoms with Gasteiger partial charge in [0.05, 0.1) is 29.2 Å². The lowest BCUT2D eigenvalue weighted by Gasteiger charge is -2.09. The molecule has 0 atom stereocenters. The standard InChI is InChI=1S/C11H14BrClO5S/c1-16-4-5-17-6-7-18-11-3-2-9(8-10(11)12)19(13,14)15/h2-3,8H,4-7H2,1H3. The highest BCUT2D eigenvalue weighted by molar-refractivity contribution is 9.10. The first kappa shape index (κ1) is 16.7. The van der Waals surface area contributed by atoms with Gasteiger partial charge in [-0.25, -0.2) is 8.42 Å². The number of rotatable bonds is 8. The molecule has 0 N–H and O–H groups in total. The zero-order chi connectivity index (χ0) is 14.3. The van der Waals surface area contributed by atoms with E-state index in [-0.39, 0.29) is 4.90 Å². The summed E-state index contributed by atoms with van der Waals surface area (Å²) in [6.07, 6.45) is 0. The Labute approximate surface area is 125 Å². The Balaban J connectivity index is 2.47. The molecule has 8 heteroatoms. The summed E-state index contributed by atoms with van der Waals surface area (Å²) < 4.78 is 38.3. The van der Waals surface area contributed by atoms with Crippen LogP contribution in [0, 0.1) is 0 Å². The average molecular weight is 374 g/mol. The predicted molar refractivity (Wildman–Crippen MR) is 75.4 cm³/mol. The summed E-state index contributed by atoms with van der Waals surface area (Å²) in [7, 11) is 3.11. The quantitative estimate of drug-likeness (QED) is 0.517. The molecule has 0 aliphatic carbocycles. The molecule has 1 aromatic carbocycles. The lowest BCUT2D eigenvalue weighted by Crippen LogP contribution is -2.10. The van der Waals surface area contributed by atoms with Gasteiger partial charge in [0, 0.05) is 17.8 Å². The maximum absolute atomic E-state index is 11.1. The van der Waals surface area contributed by atoms with E-state index >= 15 is 0 Å². The van der Waals surface area contributed by atoms with Gasteiger partial charge in [0.25, 0.3) is 9.05 Å². The van der Waals surface area contributed by atoms with Crippen LogP contribution >= 0.6 is 26.6 Å². The lowest BCUT2D eigenvalue weighted by molar-refractivity contribution is 0.0543. The maximum Gasteiger partial charge on any atom is 0.261 e. The average Bonchev–Trinajstić information content (AvgIpc) is 2.34. The van der Waals surface area contributed by atoms with Crippen molar-refractivity contribution < 1.29 is 22.6 Å². The van der Waals surface area contributed by atoms with E-state index in [9.17, 15) is 8.42 Å². The van der Waals surface area contributed by atoms with Crippen molar-refractivity contribution in [2.45, 2.75) is 4.90 Å². The smallest absolute Gasteiger partial charge is 0.261 e. The van der Waals surface area contributed by atoms with Gasteiger partial charge in [-0.05, 0) is 34.1 Å². The summed E-state index contributed by atoms with van der Waals surface area (Å²) in [5, 5.41) is 0. The summed E-state index contributed by atoms with van der Waals surface area (Å²) in [6.45, 7) is 1.82. The Hall–Kier alpha value is -0.340. The molecule has 0 saturated heterocycles. The summed E-state index contributed by atoms with van der Waals surface area (Å²) in [5.41, 5.74) is 0. The Morgan fingerprint density at radius 1 is 1.21 bits per heavy atom. The number of benzene rings is 1. The zero-order valence-electron chi connectivity index (χ0n) is 10.3. The van der Waals surface area contributed by atoms with Gasteiger partial charge in [0.1, 0.15) is 12.4 Å². The topological polar surface area (TPSA) is 61.8 Å². The van der Waals surface area contributed by atoms with Crippen LogP contribution in [0.4, 0.5) is 0 Å². The van der Waals surface area contributed by atoms with Crippen LogP contribution in [-0.2, 0) is 18.5 Å². The van der Waals surface area contributed by atoms with Crippen LogP contribution in [0.1, 0.15) is 0 Å². The van der Waals surface area contributed by atoms with Crippen molar-refractivity contribution in [3.8, 4) is 5.75 Å². The van der Waals surface area contributed by atoms with Crippen LogP contribution < -0.4 is 4.74 Å². The molecular formula is C11H14BrClO5S. The Morgan fingerprint density at radius 2 is 1.89 bits per heavy atom. The first-order valence-corrected chi connectivity index (χ1v) is 8.49. The minimum absolute atomic E-state index is 0.0183. The second kappa shape index (κ2) is 8.06. The molecule has 0 fully saturated rings. The van der Waals surface area contributed by atoms with Gasteiger partial charge in [-0.3, -0.25) is 0 Å². The lowest BCUT2D eigenvalue weighted by atomic mass is 10.3. The van der Waals surface area contributed by atoms with Gasteiger partial charge in [-0.2, -0.15) is 0 Å². The van der Waals surface area contributed by atoms with Crippen LogP contribution in [0.25, 0.3) is 0 Å². The normalized spacial score (nSPS) is 11.5. The van der Waals surface area contributed by atoms with E-state index in [0.29, 0.717) is 36.6 Å². The fourth-order valence-corrected chi connectivity index (χ4v) is 2.63. The molecule has 0 aliphatic rings. The third-order valence-corrected chi connectivity index (χ3v) is 4.07. The summed E-state index contributed by atoms with van der Waals surface area (Å²) in [4.78, 5) is 0.0183. The van der Waals surface area contributed by atoms with Gasteiger partial charge in [-0.1, -0.05) is 0 Å². The molecule has 0 bridgehead atoms. The molecule has 1 aromatic rings. The number of methoxy groups -OCH3 is 1. The molecule has 0 spiro atoms. The molecule has 108 valence electrons. The van der Waals surface area contributed by atoms with Crippen molar-refractivity contribution >= 4 is 35.7 Å². The van der Waals surface area contributed by atoms with Crippen LogP contribution in [0.5, 0.6) is 5.75 Å². The van der Waals surface area contributed by atoms with Gasteiger partial charge in [0.15, 0.2) is 0 Å². The van der Waals surface area contributed by atoms with E-state index < -0.39 is 9.05 Å². The Kier molecular flexibility index (Phi) is 7.09. The van der Waals surface area contributed by atoms with E-state index in [4.69, 9.17) is 24.9 Å². The highest BCUT2D eigenvalue weighted by Crippen LogP contribution is 2.29. The predicted octanol–water partition coefficient (Wildman–Crippen LogP) is 2.42. The number of ether oxygens (including phenoxy) is 3. The van der Waals surface area contributed by atoms with Crippen LogP contribution in [0.2, 0.25) is 0 Å². The van der Waals surface area contributed by atoms with Gasteiger partial charge < -0.3 is 14.2 Å². The molecule has 0 unspecified atom stereocenters. The van der Waals surface area contributed by atoms with Gasteiger partial charge in [0.2, 0.25) is 0 Å². The Bertz CT molecular complexity index is 506. The first-order chi connectivity index (χ1) is 8.95. The largest absolute Gasteiger partial charge is 0.490 e. The molecule has 5 nitrogen and oxygen atoms in total. The summed E-state index contributed by atoms with van der Waals surface area (Å²) >= 11 is 3.22. The SMILES string of the molecule is COCCOCCOc1ccc(S(=O)(=O)Cl)cc1Br. The van der Waals surface area contributed by atoms with Gasteiger partial charge >= 0.3 is 0 Å². The van der Waals surface area contributed by atoms with E-state index in [0.717, 1.165) is 0 Å².